The van der Waals surface area contributed by atoms with Gasteiger partial charge in [0.15, 0.2) is 0 Å². The van der Waals surface area contributed by atoms with E-state index in [0.717, 1.165) is 6.42 Å². The molecule has 3 N–H and O–H groups in total. The van der Waals surface area contributed by atoms with Crippen LogP contribution in [0.2, 0.25) is 0 Å². The molecule has 0 saturated heterocycles. The van der Waals surface area contributed by atoms with Crippen LogP contribution < -0.4 is 11.1 Å². The lowest BCUT2D eigenvalue weighted by Gasteiger charge is -2.24. The minimum absolute atomic E-state index is 0.136. The highest BCUT2D eigenvalue weighted by molar-refractivity contribution is 5.80. The monoisotopic (exact) mass is 198 g/mol. The number of nitrogens with two attached hydrogens (primary N) is 1. The second kappa shape index (κ2) is 5.35. The average molecular weight is 198 g/mol. The molecule has 0 aliphatic heterocycles. The van der Waals surface area contributed by atoms with Gasteiger partial charge in [-0.25, -0.2) is 0 Å². The number of carbonyl (C=O) groups is 1. The molecule has 0 aromatic heterocycles. The highest BCUT2D eigenvalue weighted by Gasteiger charge is 2.25. The van der Waals surface area contributed by atoms with Gasteiger partial charge in [0.05, 0.1) is 6.04 Å². The minimum atomic E-state index is -0.203. The van der Waals surface area contributed by atoms with Gasteiger partial charge in [-0.15, -0.1) is 0 Å². The smallest absolute Gasteiger partial charge is 0.234 e. The molecule has 0 aromatic carbocycles. The van der Waals surface area contributed by atoms with E-state index >= 15 is 0 Å². The Hall–Kier alpha value is -0.570. The summed E-state index contributed by atoms with van der Waals surface area (Å²) in [5, 5.41) is 3.39. The highest BCUT2D eigenvalue weighted by atomic mass is 16.1. The van der Waals surface area contributed by atoms with E-state index in [1.807, 2.05) is 0 Å². The Morgan fingerprint density at radius 1 is 1.50 bits per heavy atom. The third-order valence-corrected chi connectivity index (χ3v) is 3.29. The zero-order valence-corrected chi connectivity index (χ0v) is 9.25. The van der Waals surface area contributed by atoms with Crippen LogP contribution in [0, 0.1) is 5.92 Å². The predicted molar refractivity (Wildman–Crippen MR) is 57.8 cm³/mol. The first-order valence-electron chi connectivity index (χ1n) is 5.70. The maximum absolute atomic E-state index is 11.2. The fraction of sp³-hybridized carbons (Fsp3) is 0.909. The van der Waals surface area contributed by atoms with Gasteiger partial charge >= 0.3 is 0 Å². The maximum Gasteiger partial charge on any atom is 0.234 e. The Kier molecular flexibility index (Phi) is 4.39. The molecule has 3 heteroatoms. The molecule has 14 heavy (non-hydrogen) atoms. The molecular formula is C11H22N2O. The zero-order chi connectivity index (χ0) is 10.6. The fourth-order valence-corrected chi connectivity index (χ4v) is 2.11. The van der Waals surface area contributed by atoms with E-state index in [1.54, 1.807) is 0 Å². The standard InChI is InChI=1S/C11H22N2O/c1-3-8(2)10(11(12)14)13-9-6-4-5-7-9/h8-10,13H,3-7H2,1-2H3,(H2,12,14)/t8-,10-/m0/s1. The lowest BCUT2D eigenvalue weighted by atomic mass is 9.97. The van der Waals surface area contributed by atoms with Crippen LogP contribution in [0.4, 0.5) is 0 Å². The van der Waals surface area contributed by atoms with E-state index in [4.69, 9.17) is 5.73 Å². The summed E-state index contributed by atoms with van der Waals surface area (Å²) in [5.41, 5.74) is 5.39. The zero-order valence-electron chi connectivity index (χ0n) is 9.25. The van der Waals surface area contributed by atoms with Crippen LogP contribution in [0.15, 0.2) is 0 Å². The SMILES string of the molecule is CC[C@H](C)[C@H](NC1CCCC1)C(N)=O. The first-order chi connectivity index (χ1) is 6.65. The molecule has 0 unspecified atom stereocenters. The molecule has 2 atom stereocenters. The van der Waals surface area contributed by atoms with E-state index < -0.39 is 0 Å². The van der Waals surface area contributed by atoms with Crippen molar-refractivity contribution in [2.45, 2.75) is 58.0 Å². The van der Waals surface area contributed by atoms with Crippen molar-refractivity contribution in [1.29, 1.82) is 0 Å². The third-order valence-electron chi connectivity index (χ3n) is 3.29. The van der Waals surface area contributed by atoms with Gasteiger partial charge in [-0.2, -0.15) is 0 Å². The summed E-state index contributed by atoms with van der Waals surface area (Å²) in [5.74, 6) is 0.138. The highest BCUT2D eigenvalue weighted by Crippen LogP contribution is 2.19. The van der Waals surface area contributed by atoms with Crippen LogP contribution >= 0.6 is 0 Å². The van der Waals surface area contributed by atoms with E-state index in [-0.39, 0.29) is 11.9 Å². The van der Waals surface area contributed by atoms with Crippen molar-refractivity contribution in [3.8, 4) is 0 Å². The topological polar surface area (TPSA) is 55.1 Å². The molecule has 3 nitrogen and oxygen atoms in total. The Bertz CT molecular complexity index is 188. The molecule has 0 radical (unpaired) electrons. The number of nitrogens with one attached hydrogen (secondary N) is 1. The lowest BCUT2D eigenvalue weighted by Crippen LogP contribution is -2.49. The van der Waals surface area contributed by atoms with Crippen LogP contribution in [-0.4, -0.2) is 18.0 Å². The predicted octanol–water partition coefficient (Wildman–Crippen LogP) is 1.42. The van der Waals surface area contributed by atoms with Crippen molar-refractivity contribution >= 4 is 5.91 Å². The summed E-state index contributed by atoms with van der Waals surface area (Å²) < 4.78 is 0. The first kappa shape index (κ1) is 11.5. The van der Waals surface area contributed by atoms with Crippen molar-refractivity contribution in [2.24, 2.45) is 11.7 Å². The molecule has 0 aromatic rings. The maximum atomic E-state index is 11.2. The fourth-order valence-electron chi connectivity index (χ4n) is 2.11. The Morgan fingerprint density at radius 2 is 2.07 bits per heavy atom. The largest absolute Gasteiger partial charge is 0.368 e. The summed E-state index contributed by atoms with van der Waals surface area (Å²) in [4.78, 5) is 11.2. The second-order valence-corrected chi connectivity index (χ2v) is 4.41. The van der Waals surface area contributed by atoms with Crippen LogP contribution in [0.5, 0.6) is 0 Å². The number of rotatable bonds is 5. The molecular weight excluding hydrogens is 176 g/mol. The van der Waals surface area contributed by atoms with Gasteiger partial charge in [0.25, 0.3) is 0 Å². The van der Waals surface area contributed by atoms with Crippen LogP contribution in [0.3, 0.4) is 0 Å². The van der Waals surface area contributed by atoms with Crippen molar-refractivity contribution in [1.82, 2.24) is 5.32 Å². The van der Waals surface area contributed by atoms with Crippen molar-refractivity contribution in [3.63, 3.8) is 0 Å². The summed E-state index contributed by atoms with van der Waals surface area (Å²) in [6, 6.07) is 0.379. The van der Waals surface area contributed by atoms with E-state index in [2.05, 4.69) is 19.2 Å². The summed E-state index contributed by atoms with van der Waals surface area (Å²) in [7, 11) is 0. The van der Waals surface area contributed by atoms with Gasteiger partial charge in [-0.3, -0.25) is 4.79 Å². The number of carbonyl (C=O) groups excluding carboxylic acids is 1. The van der Waals surface area contributed by atoms with Crippen LogP contribution in [0.1, 0.15) is 46.0 Å². The number of hydrogen-bond acceptors (Lipinski definition) is 2. The molecule has 1 aliphatic rings. The van der Waals surface area contributed by atoms with E-state index in [9.17, 15) is 4.79 Å². The van der Waals surface area contributed by atoms with E-state index in [0.29, 0.717) is 12.0 Å². The third kappa shape index (κ3) is 2.98. The van der Waals surface area contributed by atoms with Gasteiger partial charge in [0.2, 0.25) is 5.91 Å². The van der Waals surface area contributed by atoms with Gasteiger partial charge in [-0.1, -0.05) is 33.1 Å². The summed E-state index contributed by atoms with van der Waals surface area (Å²) >= 11 is 0. The quantitative estimate of drug-likeness (QED) is 0.702. The number of hydrogen-bond donors (Lipinski definition) is 2. The van der Waals surface area contributed by atoms with Gasteiger partial charge in [0.1, 0.15) is 0 Å². The minimum Gasteiger partial charge on any atom is -0.368 e. The van der Waals surface area contributed by atoms with Crippen molar-refractivity contribution in [2.75, 3.05) is 0 Å². The Labute approximate surface area is 86.4 Å². The molecule has 82 valence electrons. The number of amides is 1. The van der Waals surface area contributed by atoms with Crippen LogP contribution in [0.25, 0.3) is 0 Å². The molecule has 0 heterocycles. The molecule has 1 fully saturated rings. The van der Waals surface area contributed by atoms with Gasteiger partial charge < -0.3 is 11.1 Å². The Balaban J connectivity index is 2.45. The van der Waals surface area contributed by atoms with Crippen molar-refractivity contribution in [3.05, 3.63) is 0 Å². The first-order valence-corrected chi connectivity index (χ1v) is 5.70. The molecule has 1 rings (SSSR count). The van der Waals surface area contributed by atoms with Crippen LogP contribution in [-0.2, 0) is 4.79 Å². The van der Waals surface area contributed by atoms with E-state index in [1.165, 1.54) is 25.7 Å². The number of primary amides is 1. The van der Waals surface area contributed by atoms with Crippen molar-refractivity contribution < 1.29 is 4.79 Å². The van der Waals surface area contributed by atoms with Gasteiger partial charge in [0, 0.05) is 6.04 Å². The molecule has 0 spiro atoms. The second-order valence-electron chi connectivity index (χ2n) is 4.41. The lowest BCUT2D eigenvalue weighted by molar-refractivity contribution is -0.121. The summed E-state index contributed by atoms with van der Waals surface area (Å²) in [6.45, 7) is 4.17. The molecule has 1 saturated carbocycles. The normalized spacial score (nSPS) is 22.1. The Morgan fingerprint density at radius 3 is 2.50 bits per heavy atom. The van der Waals surface area contributed by atoms with Gasteiger partial charge in [-0.05, 0) is 18.8 Å². The average Bonchev–Trinajstić information content (AvgIpc) is 2.65. The molecule has 1 amide bonds. The molecule has 1 aliphatic carbocycles. The summed E-state index contributed by atoms with van der Waals surface area (Å²) in [6.07, 6.45) is 5.95. The molecule has 0 bridgehead atoms.